The molecule has 2 aromatic carbocycles. The van der Waals surface area contributed by atoms with E-state index >= 15 is 0 Å². The van der Waals surface area contributed by atoms with Gasteiger partial charge in [0.15, 0.2) is 0 Å². The predicted molar refractivity (Wildman–Crippen MR) is 70.9 cm³/mol. The molecule has 0 fully saturated rings. The van der Waals surface area contributed by atoms with Crippen molar-refractivity contribution in [2.75, 3.05) is 0 Å². The molecule has 94 valence electrons. The highest BCUT2D eigenvalue weighted by molar-refractivity contribution is 7.85. The minimum atomic E-state index is -1.17. The molecule has 1 heterocycles. The third kappa shape index (κ3) is 2.46. The van der Waals surface area contributed by atoms with Crippen molar-refractivity contribution in [3.8, 4) is 11.4 Å². The quantitative estimate of drug-likeness (QED) is 0.734. The van der Waals surface area contributed by atoms with Crippen LogP contribution in [-0.4, -0.2) is 14.3 Å². The van der Waals surface area contributed by atoms with E-state index in [0.29, 0.717) is 5.82 Å². The van der Waals surface area contributed by atoms with E-state index in [1.54, 1.807) is 0 Å². The molecule has 19 heavy (non-hydrogen) atoms. The van der Waals surface area contributed by atoms with Crippen molar-refractivity contribution in [2.45, 2.75) is 9.79 Å². The molecule has 0 amide bonds. The first-order valence-electron chi connectivity index (χ1n) is 5.68. The smallest absolute Gasteiger partial charge is 0.214 e. The van der Waals surface area contributed by atoms with Gasteiger partial charge in [0.1, 0.15) is 0 Å². The molecule has 4 nitrogen and oxygen atoms in total. The van der Waals surface area contributed by atoms with Gasteiger partial charge in [0.05, 0.1) is 10.8 Å². The molecule has 3 rings (SSSR count). The molecule has 0 spiro atoms. The normalized spacial score (nSPS) is 12.2. The van der Waals surface area contributed by atoms with Crippen molar-refractivity contribution < 1.29 is 8.73 Å². The number of hydrogen-bond acceptors (Lipinski definition) is 4. The fourth-order valence-corrected chi connectivity index (χ4v) is 2.77. The lowest BCUT2D eigenvalue weighted by Gasteiger charge is -2.02. The molecule has 5 heteroatoms. The van der Waals surface area contributed by atoms with Crippen LogP contribution < -0.4 is 0 Å². The van der Waals surface area contributed by atoms with E-state index in [0.717, 1.165) is 15.4 Å². The summed E-state index contributed by atoms with van der Waals surface area (Å²) < 4.78 is 17.0. The average Bonchev–Trinajstić information content (AvgIpc) is 3.02. The summed E-state index contributed by atoms with van der Waals surface area (Å²) in [7, 11) is -1.17. The van der Waals surface area contributed by atoms with Crippen LogP contribution >= 0.6 is 0 Å². The second kappa shape index (κ2) is 5.16. The van der Waals surface area contributed by atoms with Gasteiger partial charge in [0.25, 0.3) is 0 Å². The fraction of sp³-hybridized carbons (Fsp3) is 0. The van der Waals surface area contributed by atoms with E-state index in [2.05, 4.69) is 10.1 Å². The maximum Gasteiger partial charge on any atom is 0.214 e. The maximum atomic E-state index is 12.3. The van der Waals surface area contributed by atoms with Gasteiger partial charge in [-0.2, -0.15) is 4.98 Å². The fourth-order valence-electron chi connectivity index (χ4n) is 1.71. The van der Waals surface area contributed by atoms with Crippen LogP contribution in [0.1, 0.15) is 0 Å². The number of nitrogens with zero attached hydrogens (tertiary/aromatic N) is 2. The van der Waals surface area contributed by atoms with Crippen molar-refractivity contribution in [3.05, 3.63) is 61.0 Å². The van der Waals surface area contributed by atoms with Gasteiger partial charge < -0.3 is 4.52 Å². The molecule has 1 aromatic heterocycles. The van der Waals surface area contributed by atoms with Crippen LogP contribution in [0.4, 0.5) is 0 Å². The highest BCUT2D eigenvalue weighted by Gasteiger charge is 2.08. The molecule has 0 aliphatic heterocycles. The van der Waals surface area contributed by atoms with Gasteiger partial charge in [-0.05, 0) is 36.4 Å². The molecule has 0 saturated heterocycles. The number of aromatic nitrogens is 2. The molecule has 0 aliphatic rings. The average molecular weight is 270 g/mol. The third-order valence-electron chi connectivity index (χ3n) is 2.65. The SMILES string of the molecule is O=S(c1ccccc1)c1ccc(-c2ncon2)cc1. The van der Waals surface area contributed by atoms with Gasteiger partial charge in [0.2, 0.25) is 12.2 Å². The molecular formula is C14H10N2O2S. The van der Waals surface area contributed by atoms with Gasteiger partial charge >= 0.3 is 0 Å². The summed E-state index contributed by atoms with van der Waals surface area (Å²) in [6.45, 7) is 0. The summed E-state index contributed by atoms with van der Waals surface area (Å²) in [4.78, 5) is 5.50. The highest BCUT2D eigenvalue weighted by Crippen LogP contribution is 2.20. The van der Waals surface area contributed by atoms with Crippen LogP contribution in [0.5, 0.6) is 0 Å². The summed E-state index contributed by atoms with van der Waals surface area (Å²) in [5, 5.41) is 3.76. The van der Waals surface area contributed by atoms with Crippen LogP contribution in [0.2, 0.25) is 0 Å². The first kappa shape index (κ1) is 11.8. The van der Waals surface area contributed by atoms with E-state index < -0.39 is 10.8 Å². The Hall–Kier alpha value is -2.27. The van der Waals surface area contributed by atoms with Gasteiger partial charge in [-0.25, -0.2) is 4.21 Å². The number of benzene rings is 2. The molecule has 0 saturated carbocycles. The molecule has 1 atom stereocenters. The minimum absolute atomic E-state index is 0.525. The van der Waals surface area contributed by atoms with Gasteiger partial charge in [0, 0.05) is 15.4 Å². The number of hydrogen-bond donors (Lipinski definition) is 0. The van der Waals surface area contributed by atoms with Crippen LogP contribution in [0.25, 0.3) is 11.4 Å². The van der Waals surface area contributed by atoms with Crippen LogP contribution in [0.15, 0.2) is 75.3 Å². The Balaban J connectivity index is 1.89. The zero-order valence-corrected chi connectivity index (χ0v) is 10.7. The molecule has 0 aliphatic carbocycles. The Kier molecular flexibility index (Phi) is 3.20. The van der Waals surface area contributed by atoms with Crippen LogP contribution in [0.3, 0.4) is 0 Å². The van der Waals surface area contributed by atoms with Crippen molar-refractivity contribution >= 4 is 10.8 Å². The zero-order valence-electron chi connectivity index (χ0n) is 9.89. The molecule has 0 N–H and O–H groups in total. The monoisotopic (exact) mass is 270 g/mol. The van der Waals surface area contributed by atoms with Gasteiger partial charge in [-0.3, -0.25) is 0 Å². The minimum Gasteiger partial charge on any atom is -0.342 e. The van der Waals surface area contributed by atoms with E-state index in [-0.39, 0.29) is 0 Å². The highest BCUT2D eigenvalue weighted by atomic mass is 32.2. The largest absolute Gasteiger partial charge is 0.342 e. The molecule has 1 unspecified atom stereocenters. The zero-order chi connectivity index (χ0) is 13.1. The summed E-state index contributed by atoms with van der Waals surface area (Å²) in [5.74, 6) is 0.525. The second-order valence-corrected chi connectivity index (χ2v) is 5.34. The Bertz CT molecular complexity index is 679. The van der Waals surface area contributed by atoms with E-state index in [9.17, 15) is 4.21 Å². The van der Waals surface area contributed by atoms with Gasteiger partial charge in [-0.15, -0.1) is 0 Å². The summed E-state index contributed by atoms with van der Waals surface area (Å²) in [5.41, 5.74) is 0.836. The predicted octanol–water partition coefficient (Wildman–Crippen LogP) is 2.90. The van der Waals surface area contributed by atoms with E-state index in [4.69, 9.17) is 4.52 Å². The summed E-state index contributed by atoms with van der Waals surface area (Å²) in [6.07, 6.45) is 1.28. The molecule has 0 bridgehead atoms. The summed E-state index contributed by atoms with van der Waals surface area (Å²) >= 11 is 0. The molecular weight excluding hydrogens is 260 g/mol. The lowest BCUT2D eigenvalue weighted by Crippen LogP contribution is -1.92. The molecule has 3 aromatic rings. The van der Waals surface area contributed by atoms with Crippen molar-refractivity contribution in [2.24, 2.45) is 0 Å². The van der Waals surface area contributed by atoms with Crippen LogP contribution in [-0.2, 0) is 10.8 Å². The summed E-state index contributed by atoms with van der Waals surface area (Å²) in [6, 6.07) is 16.7. The third-order valence-corrected chi connectivity index (χ3v) is 4.05. The first-order chi connectivity index (χ1) is 9.34. The Morgan fingerprint density at radius 1 is 0.895 bits per heavy atom. The first-order valence-corrected chi connectivity index (χ1v) is 6.83. The van der Waals surface area contributed by atoms with Crippen molar-refractivity contribution in [1.82, 2.24) is 10.1 Å². The Morgan fingerprint density at radius 3 is 2.21 bits per heavy atom. The standard InChI is InChI=1S/C14H10N2O2S/c17-19(12-4-2-1-3-5-12)13-8-6-11(7-9-13)14-15-10-18-16-14/h1-10H. The Labute approximate surface area is 112 Å². The van der Waals surface area contributed by atoms with E-state index in [1.807, 2.05) is 54.6 Å². The van der Waals surface area contributed by atoms with Crippen molar-refractivity contribution in [3.63, 3.8) is 0 Å². The second-order valence-electron chi connectivity index (χ2n) is 3.86. The number of rotatable bonds is 3. The topological polar surface area (TPSA) is 56.0 Å². The van der Waals surface area contributed by atoms with Gasteiger partial charge in [-0.1, -0.05) is 23.4 Å². The van der Waals surface area contributed by atoms with Crippen LogP contribution in [0, 0.1) is 0 Å². The molecule has 0 radical (unpaired) electrons. The lowest BCUT2D eigenvalue weighted by atomic mass is 10.2. The Morgan fingerprint density at radius 2 is 1.58 bits per heavy atom. The van der Waals surface area contributed by atoms with Crippen molar-refractivity contribution in [1.29, 1.82) is 0 Å². The lowest BCUT2D eigenvalue weighted by molar-refractivity contribution is 0.419. The maximum absolute atomic E-state index is 12.3. The van der Waals surface area contributed by atoms with E-state index in [1.165, 1.54) is 6.39 Å².